The standard InChI is InChI=1S/C26H33N11O5/c1-13-7-8-15(34-33-13)22(39)29-11-16-20-26(37(41)24(28)32-20)25(2,40)18(12-36(26)23(27)30-16)31-21(38)14-5-4-6-17-19(14)42-10-9-35(17)3/h4-8,16,18,20,40-41H,9-12H2,1-3H3,(H2,27,30)(H2,28,32)(H,29,39)(H,31,38)/t16?,18?,20?,25-,26?/m0/s1. The third-order valence-corrected chi connectivity index (χ3v) is 8.60. The molecule has 8 N–H and O–H groups in total. The van der Waals surface area contributed by atoms with E-state index in [9.17, 15) is 19.9 Å². The lowest BCUT2D eigenvalue weighted by molar-refractivity contribution is -0.218. The van der Waals surface area contributed by atoms with Crippen LogP contribution >= 0.6 is 0 Å². The summed E-state index contributed by atoms with van der Waals surface area (Å²) in [5, 5.41) is 60.5. The molecule has 0 saturated carbocycles. The van der Waals surface area contributed by atoms with Gasteiger partial charge in [0.15, 0.2) is 23.1 Å². The summed E-state index contributed by atoms with van der Waals surface area (Å²) < 4.78 is 5.82. The predicted molar refractivity (Wildman–Crippen MR) is 149 cm³/mol. The highest BCUT2D eigenvalue weighted by Crippen LogP contribution is 2.48. The number of para-hydroxylation sites is 1. The molecule has 5 atom stereocenters. The minimum Gasteiger partial charge on any atom is -0.489 e. The number of guanidine groups is 2. The average molecular weight is 580 g/mol. The normalized spacial score (nSPS) is 29.5. The number of likely N-dealkylation sites (N-methyl/N-ethyl adjacent to an activating group) is 1. The van der Waals surface area contributed by atoms with E-state index in [2.05, 4.69) is 31.5 Å². The number of carbonyl (C=O) groups excluding carboxylic acids is 2. The Morgan fingerprint density at radius 1 is 1.17 bits per heavy atom. The van der Waals surface area contributed by atoms with Crippen molar-refractivity contribution in [3.05, 3.63) is 47.3 Å². The molecular formula is C26H33N11O5. The van der Waals surface area contributed by atoms with Crippen molar-refractivity contribution in [2.24, 2.45) is 0 Å². The van der Waals surface area contributed by atoms with Crippen LogP contribution in [0.3, 0.4) is 0 Å². The molecule has 4 unspecified atom stereocenters. The fraction of sp³-hybridized carbons (Fsp3) is 0.462. The number of anilines is 1. The molecule has 2 aromatic rings. The zero-order chi connectivity index (χ0) is 30.0. The summed E-state index contributed by atoms with van der Waals surface area (Å²) in [6.45, 7) is 4.20. The number of hydrogen-bond donors (Lipinski definition) is 8. The molecule has 0 radical (unpaired) electrons. The smallest absolute Gasteiger partial charge is 0.271 e. The zero-order valence-corrected chi connectivity index (χ0v) is 23.3. The van der Waals surface area contributed by atoms with Crippen LogP contribution in [0.2, 0.25) is 0 Å². The first-order valence-corrected chi connectivity index (χ1v) is 13.5. The molecule has 42 heavy (non-hydrogen) atoms. The van der Waals surface area contributed by atoms with E-state index in [0.29, 0.717) is 35.2 Å². The molecule has 5 heterocycles. The van der Waals surface area contributed by atoms with Crippen LogP contribution in [0, 0.1) is 17.7 Å². The third-order valence-electron chi connectivity index (χ3n) is 8.60. The lowest BCUT2D eigenvalue weighted by Gasteiger charge is -2.53. The van der Waals surface area contributed by atoms with E-state index >= 15 is 0 Å². The highest BCUT2D eigenvalue weighted by atomic mass is 16.5. The highest BCUT2D eigenvalue weighted by molar-refractivity contribution is 5.99. The number of hydroxylamine groups is 2. The summed E-state index contributed by atoms with van der Waals surface area (Å²) in [5.74, 6) is -1.11. The number of benzene rings is 1. The van der Waals surface area contributed by atoms with Gasteiger partial charge in [0.25, 0.3) is 11.8 Å². The average Bonchev–Trinajstić information content (AvgIpc) is 3.37. The number of rotatable bonds is 5. The fourth-order valence-corrected chi connectivity index (χ4v) is 6.40. The maximum Gasteiger partial charge on any atom is 0.271 e. The van der Waals surface area contributed by atoms with Gasteiger partial charge < -0.3 is 40.9 Å². The number of aromatic nitrogens is 2. The summed E-state index contributed by atoms with van der Waals surface area (Å²) >= 11 is 0. The maximum absolute atomic E-state index is 13.6. The van der Waals surface area contributed by atoms with Gasteiger partial charge in [0, 0.05) is 20.1 Å². The molecule has 3 saturated heterocycles. The van der Waals surface area contributed by atoms with Crippen LogP contribution in [-0.2, 0) is 0 Å². The lowest BCUT2D eigenvalue weighted by atomic mass is 9.78. The monoisotopic (exact) mass is 579 g/mol. The van der Waals surface area contributed by atoms with Gasteiger partial charge in [0.05, 0.1) is 41.6 Å². The van der Waals surface area contributed by atoms with Gasteiger partial charge in [0.1, 0.15) is 12.2 Å². The number of ether oxygens (including phenoxy) is 1. The van der Waals surface area contributed by atoms with E-state index in [0.717, 1.165) is 5.69 Å². The van der Waals surface area contributed by atoms with E-state index in [1.54, 1.807) is 25.1 Å². The van der Waals surface area contributed by atoms with Crippen molar-refractivity contribution in [1.29, 1.82) is 10.8 Å². The first-order chi connectivity index (χ1) is 20.0. The van der Waals surface area contributed by atoms with E-state index in [-0.39, 0.29) is 24.7 Å². The Bertz CT molecular complexity index is 1470. The second-order valence-corrected chi connectivity index (χ2v) is 11.1. The van der Waals surface area contributed by atoms with E-state index in [4.69, 9.17) is 15.6 Å². The Balaban J connectivity index is 1.27. The Kier molecular flexibility index (Phi) is 6.34. The molecule has 0 bridgehead atoms. The molecule has 6 rings (SSSR count). The summed E-state index contributed by atoms with van der Waals surface area (Å²) in [7, 11) is 1.91. The summed E-state index contributed by atoms with van der Waals surface area (Å²) in [5.41, 5.74) is -1.84. The van der Waals surface area contributed by atoms with Crippen LogP contribution in [0.1, 0.15) is 33.5 Å². The largest absolute Gasteiger partial charge is 0.489 e. The van der Waals surface area contributed by atoms with Crippen molar-refractivity contribution >= 4 is 29.4 Å². The molecule has 2 amide bonds. The molecule has 1 aromatic carbocycles. The van der Waals surface area contributed by atoms with Crippen LogP contribution in [0.15, 0.2) is 30.3 Å². The maximum atomic E-state index is 13.6. The number of amides is 2. The Morgan fingerprint density at radius 3 is 2.69 bits per heavy atom. The molecule has 4 aliphatic heterocycles. The second kappa shape index (κ2) is 9.70. The number of carbonyl (C=O) groups is 2. The fourth-order valence-electron chi connectivity index (χ4n) is 6.40. The number of aliphatic hydroxyl groups is 1. The molecule has 1 spiro atoms. The summed E-state index contributed by atoms with van der Waals surface area (Å²) in [6, 6.07) is 5.82. The van der Waals surface area contributed by atoms with Crippen LogP contribution in [-0.4, -0.2) is 117 Å². The molecule has 3 fully saturated rings. The van der Waals surface area contributed by atoms with Crippen molar-refractivity contribution in [3.63, 3.8) is 0 Å². The Hall–Kier alpha value is -4.70. The number of aryl methyl sites for hydroxylation is 1. The van der Waals surface area contributed by atoms with Gasteiger partial charge in [-0.1, -0.05) is 6.07 Å². The predicted octanol–water partition coefficient (Wildman–Crippen LogP) is -1.59. The van der Waals surface area contributed by atoms with E-state index in [1.165, 1.54) is 17.9 Å². The van der Waals surface area contributed by atoms with Crippen molar-refractivity contribution in [3.8, 4) is 5.75 Å². The highest BCUT2D eigenvalue weighted by Gasteiger charge is 2.75. The van der Waals surface area contributed by atoms with Gasteiger partial charge in [-0.05, 0) is 38.1 Å². The zero-order valence-electron chi connectivity index (χ0n) is 23.3. The summed E-state index contributed by atoms with van der Waals surface area (Å²) in [6.07, 6.45) is 0. The first-order valence-electron chi connectivity index (χ1n) is 13.5. The molecule has 4 aliphatic rings. The minimum atomic E-state index is -1.90. The number of hydrogen-bond acceptors (Lipinski definition) is 10. The van der Waals surface area contributed by atoms with E-state index in [1.807, 2.05) is 18.0 Å². The minimum absolute atomic E-state index is 0.0424. The SMILES string of the molecule is Cc1ccc(C(=O)NCC2NC(=N)N3CC(NC(=O)c4cccc5c4OCCN5C)[C@](C)(O)C34C2NC(=N)N4O)nn1. The van der Waals surface area contributed by atoms with Crippen molar-refractivity contribution in [1.82, 2.24) is 41.4 Å². The van der Waals surface area contributed by atoms with Gasteiger partial charge in [-0.2, -0.15) is 10.2 Å². The Labute approximate surface area is 241 Å². The van der Waals surface area contributed by atoms with Gasteiger partial charge in [-0.15, -0.1) is 5.10 Å². The van der Waals surface area contributed by atoms with Gasteiger partial charge in [-0.3, -0.25) is 25.6 Å². The topological polar surface area (TPSA) is 215 Å². The van der Waals surface area contributed by atoms with Gasteiger partial charge in [-0.25, -0.2) is 0 Å². The quantitative estimate of drug-likeness (QED) is 0.201. The molecule has 222 valence electrons. The second-order valence-electron chi connectivity index (χ2n) is 11.1. The summed E-state index contributed by atoms with van der Waals surface area (Å²) in [4.78, 5) is 29.7. The van der Waals surface area contributed by atoms with Gasteiger partial charge >= 0.3 is 0 Å². The van der Waals surface area contributed by atoms with Crippen LogP contribution in [0.25, 0.3) is 0 Å². The third kappa shape index (κ3) is 3.89. The molecule has 1 aromatic heterocycles. The molecule has 0 aliphatic carbocycles. The van der Waals surface area contributed by atoms with Crippen molar-refractivity contribution in [2.45, 2.75) is 43.2 Å². The number of nitrogens with one attached hydrogen (secondary N) is 6. The van der Waals surface area contributed by atoms with Crippen molar-refractivity contribution in [2.75, 3.05) is 38.2 Å². The lowest BCUT2D eigenvalue weighted by Crippen LogP contribution is -2.81. The van der Waals surface area contributed by atoms with E-state index < -0.39 is 47.2 Å². The van der Waals surface area contributed by atoms with Crippen LogP contribution in [0.4, 0.5) is 5.69 Å². The van der Waals surface area contributed by atoms with Gasteiger partial charge in [0.2, 0.25) is 5.96 Å². The first kappa shape index (κ1) is 27.5. The molecule has 16 nitrogen and oxygen atoms in total. The Morgan fingerprint density at radius 2 is 1.95 bits per heavy atom. The van der Waals surface area contributed by atoms with Crippen LogP contribution in [0.5, 0.6) is 5.75 Å². The number of fused-ring (bicyclic) bond motifs is 1. The van der Waals surface area contributed by atoms with Crippen LogP contribution < -0.4 is 30.9 Å². The van der Waals surface area contributed by atoms with Crippen molar-refractivity contribution < 1.29 is 24.6 Å². The number of nitrogens with zero attached hydrogens (tertiary/aromatic N) is 5. The molecule has 16 heteroatoms. The molecular weight excluding hydrogens is 546 g/mol.